The number of rotatable bonds is 5. The van der Waals surface area contributed by atoms with Gasteiger partial charge in [0.15, 0.2) is 0 Å². The molecule has 0 aliphatic heterocycles. The number of carboxylic acid groups (broad SMARTS) is 1. The Morgan fingerprint density at radius 3 is 3.00 bits per heavy atom. The molecule has 0 spiro atoms. The van der Waals surface area contributed by atoms with Crippen LogP contribution in [-0.4, -0.2) is 33.3 Å². The second kappa shape index (κ2) is 5.13. The van der Waals surface area contributed by atoms with E-state index < -0.39 is 5.97 Å². The van der Waals surface area contributed by atoms with Gasteiger partial charge < -0.3 is 9.52 Å². The lowest BCUT2D eigenvalue weighted by Gasteiger charge is -1.88. The van der Waals surface area contributed by atoms with Gasteiger partial charge in [0.2, 0.25) is 5.89 Å². The number of hydrogen-bond donors (Lipinski definition) is 1. The molecule has 0 radical (unpaired) electrons. The molecule has 0 aromatic carbocycles. The van der Waals surface area contributed by atoms with Crippen molar-refractivity contribution in [1.82, 2.24) is 10.2 Å². The zero-order chi connectivity index (χ0) is 9.68. The summed E-state index contributed by atoms with van der Waals surface area (Å²) >= 11 is 2.60. The first kappa shape index (κ1) is 10.4. The van der Waals surface area contributed by atoms with Crippen LogP contribution in [0.25, 0.3) is 0 Å². The maximum atomic E-state index is 10.2. The van der Waals surface area contributed by atoms with E-state index in [9.17, 15) is 4.79 Å². The second-order valence-corrected chi connectivity index (χ2v) is 3.87. The summed E-state index contributed by atoms with van der Waals surface area (Å²) in [6, 6.07) is 0. The van der Waals surface area contributed by atoms with E-state index in [1.54, 1.807) is 11.8 Å². The standard InChI is InChI=1S/C6H8N2O3S2/c1-12-2-4-7-8-6(11-4)13-3-5(9)10/h2-3H2,1H3,(H,9,10). The van der Waals surface area contributed by atoms with Gasteiger partial charge in [-0.25, -0.2) is 0 Å². The molecule has 0 saturated carbocycles. The fourth-order valence-corrected chi connectivity index (χ4v) is 1.47. The van der Waals surface area contributed by atoms with Gasteiger partial charge >= 0.3 is 5.97 Å². The lowest BCUT2D eigenvalue weighted by molar-refractivity contribution is -0.133. The van der Waals surface area contributed by atoms with Gasteiger partial charge in [-0.05, 0) is 6.26 Å². The first-order valence-electron chi connectivity index (χ1n) is 3.38. The second-order valence-electron chi connectivity index (χ2n) is 2.08. The monoisotopic (exact) mass is 220 g/mol. The third-order valence-electron chi connectivity index (χ3n) is 1.04. The molecule has 1 rings (SSSR count). The Balaban J connectivity index is 2.44. The van der Waals surface area contributed by atoms with Crippen LogP contribution in [0, 0.1) is 0 Å². The molecule has 72 valence electrons. The van der Waals surface area contributed by atoms with Gasteiger partial charge in [-0.15, -0.1) is 10.2 Å². The van der Waals surface area contributed by atoms with Gasteiger partial charge in [-0.3, -0.25) is 4.79 Å². The molecular formula is C6H8N2O3S2. The van der Waals surface area contributed by atoms with Crippen molar-refractivity contribution >= 4 is 29.5 Å². The predicted octanol–water partition coefficient (Wildman–Crippen LogP) is 1.11. The molecule has 7 heteroatoms. The zero-order valence-corrected chi connectivity index (χ0v) is 8.52. The molecule has 0 amide bonds. The minimum absolute atomic E-state index is 0.0547. The van der Waals surface area contributed by atoms with Crippen LogP contribution < -0.4 is 0 Å². The average molecular weight is 220 g/mol. The summed E-state index contributed by atoms with van der Waals surface area (Å²) in [6.07, 6.45) is 1.92. The van der Waals surface area contributed by atoms with Crippen molar-refractivity contribution < 1.29 is 14.3 Å². The highest BCUT2D eigenvalue weighted by Gasteiger charge is 2.07. The van der Waals surface area contributed by atoms with Crippen LogP contribution in [0.2, 0.25) is 0 Å². The highest BCUT2D eigenvalue weighted by atomic mass is 32.2. The van der Waals surface area contributed by atoms with Crippen LogP contribution in [0.3, 0.4) is 0 Å². The number of hydrogen-bond acceptors (Lipinski definition) is 6. The van der Waals surface area contributed by atoms with Crippen molar-refractivity contribution in [2.45, 2.75) is 11.0 Å². The molecule has 0 aliphatic rings. The largest absolute Gasteiger partial charge is 0.481 e. The molecule has 1 N–H and O–H groups in total. The summed E-state index contributed by atoms with van der Waals surface area (Å²) in [5.41, 5.74) is 0. The fraction of sp³-hybridized carbons (Fsp3) is 0.500. The smallest absolute Gasteiger partial charge is 0.314 e. The van der Waals surface area contributed by atoms with E-state index in [1.807, 2.05) is 6.26 Å². The number of carboxylic acids is 1. The topological polar surface area (TPSA) is 76.2 Å². The molecule has 0 unspecified atom stereocenters. The number of nitrogens with zero attached hydrogens (tertiary/aromatic N) is 2. The van der Waals surface area contributed by atoms with Crippen LogP contribution in [0.1, 0.15) is 5.89 Å². The Kier molecular flexibility index (Phi) is 4.10. The molecule has 0 atom stereocenters. The van der Waals surface area contributed by atoms with Crippen LogP contribution in [0.4, 0.5) is 0 Å². The summed E-state index contributed by atoms with van der Waals surface area (Å²) in [7, 11) is 0. The Labute approximate surface area is 83.3 Å². The maximum absolute atomic E-state index is 10.2. The lowest BCUT2D eigenvalue weighted by Crippen LogP contribution is -1.97. The van der Waals surface area contributed by atoms with Crippen molar-refractivity contribution in [3.8, 4) is 0 Å². The normalized spacial score (nSPS) is 10.2. The molecule has 0 bridgehead atoms. The fourth-order valence-electron chi connectivity index (χ4n) is 0.602. The first-order valence-corrected chi connectivity index (χ1v) is 5.76. The Morgan fingerprint density at radius 1 is 1.62 bits per heavy atom. The predicted molar refractivity (Wildman–Crippen MR) is 49.9 cm³/mol. The van der Waals surface area contributed by atoms with Gasteiger partial charge in [-0.2, -0.15) is 11.8 Å². The average Bonchev–Trinajstić information content (AvgIpc) is 2.50. The molecule has 13 heavy (non-hydrogen) atoms. The van der Waals surface area contributed by atoms with Crippen LogP contribution in [-0.2, 0) is 10.5 Å². The number of aromatic nitrogens is 2. The number of thioether (sulfide) groups is 2. The Bertz CT molecular complexity index is 289. The maximum Gasteiger partial charge on any atom is 0.314 e. The third kappa shape index (κ3) is 3.69. The molecule has 1 heterocycles. The molecule has 0 saturated heterocycles. The van der Waals surface area contributed by atoms with Crippen LogP contribution in [0.15, 0.2) is 9.64 Å². The van der Waals surface area contributed by atoms with Crippen molar-refractivity contribution in [3.63, 3.8) is 0 Å². The third-order valence-corrected chi connectivity index (χ3v) is 2.37. The molecular weight excluding hydrogens is 212 g/mol. The van der Waals surface area contributed by atoms with Crippen molar-refractivity contribution in [2.75, 3.05) is 12.0 Å². The summed E-state index contributed by atoms with van der Waals surface area (Å²) in [4.78, 5) is 10.2. The van der Waals surface area contributed by atoms with Crippen LogP contribution >= 0.6 is 23.5 Å². The van der Waals surface area contributed by atoms with Crippen molar-refractivity contribution in [3.05, 3.63) is 5.89 Å². The molecule has 0 fully saturated rings. The number of aliphatic carboxylic acids is 1. The zero-order valence-electron chi connectivity index (χ0n) is 6.89. The van der Waals surface area contributed by atoms with Gasteiger partial charge in [0.25, 0.3) is 5.22 Å². The van der Waals surface area contributed by atoms with E-state index in [0.29, 0.717) is 16.9 Å². The van der Waals surface area contributed by atoms with E-state index in [2.05, 4.69) is 10.2 Å². The van der Waals surface area contributed by atoms with Gasteiger partial charge in [0.05, 0.1) is 5.75 Å². The van der Waals surface area contributed by atoms with Gasteiger partial charge in [0.1, 0.15) is 5.75 Å². The molecule has 1 aromatic rings. The van der Waals surface area contributed by atoms with E-state index in [-0.39, 0.29) is 5.75 Å². The lowest BCUT2D eigenvalue weighted by atomic mass is 10.8. The molecule has 1 aromatic heterocycles. The molecule has 0 aliphatic carbocycles. The highest BCUT2D eigenvalue weighted by molar-refractivity contribution is 7.99. The Morgan fingerprint density at radius 2 is 2.38 bits per heavy atom. The summed E-state index contributed by atoms with van der Waals surface area (Å²) in [5.74, 6) is 0.233. The quantitative estimate of drug-likeness (QED) is 0.745. The van der Waals surface area contributed by atoms with Gasteiger partial charge in [0, 0.05) is 0 Å². The summed E-state index contributed by atoms with van der Waals surface area (Å²) in [6.45, 7) is 0. The minimum Gasteiger partial charge on any atom is -0.481 e. The first-order chi connectivity index (χ1) is 6.22. The highest BCUT2D eigenvalue weighted by Crippen LogP contribution is 2.17. The van der Waals surface area contributed by atoms with E-state index in [0.717, 1.165) is 11.8 Å². The van der Waals surface area contributed by atoms with Gasteiger partial charge in [-0.1, -0.05) is 11.8 Å². The van der Waals surface area contributed by atoms with E-state index >= 15 is 0 Å². The Hall–Kier alpha value is -0.690. The number of carbonyl (C=O) groups is 1. The SMILES string of the molecule is CSCc1nnc(SCC(=O)O)o1. The summed E-state index contributed by atoms with van der Waals surface area (Å²) in [5, 5.41) is 16.1. The van der Waals surface area contributed by atoms with Crippen LogP contribution in [0.5, 0.6) is 0 Å². The van der Waals surface area contributed by atoms with Crippen molar-refractivity contribution in [1.29, 1.82) is 0 Å². The van der Waals surface area contributed by atoms with Crippen molar-refractivity contribution in [2.24, 2.45) is 0 Å². The van der Waals surface area contributed by atoms with E-state index in [1.165, 1.54) is 0 Å². The van der Waals surface area contributed by atoms with E-state index in [4.69, 9.17) is 9.52 Å². The summed E-state index contributed by atoms with van der Waals surface area (Å²) < 4.78 is 5.13. The minimum atomic E-state index is -0.894. The molecule has 5 nitrogen and oxygen atoms in total.